The Morgan fingerprint density at radius 1 is 0.878 bits per heavy atom. The van der Waals surface area contributed by atoms with Gasteiger partial charge in [0.05, 0.1) is 41.5 Å². The Morgan fingerprint density at radius 2 is 1.57 bits per heavy atom. The molecule has 3 aromatic heterocycles. The van der Waals surface area contributed by atoms with Crippen molar-refractivity contribution in [3.8, 4) is 11.3 Å². The van der Waals surface area contributed by atoms with E-state index in [1.54, 1.807) is 34.1 Å². The quantitative estimate of drug-likeness (QED) is 0.143. The highest BCUT2D eigenvalue weighted by Gasteiger charge is 2.28. The Hall–Kier alpha value is -5.16. The van der Waals surface area contributed by atoms with Crippen LogP contribution in [0.25, 0.3) is 16.9 Å². The minimum atomic E-state index is -1.05. The number of hydrogen-bond donors (Lipinski definition) is 1. The molecule has 0 saturated heterocycles. The second kappa shape index (κ2) is 15.4. The highest BCUT2D eigenvalue weighted by Crippen LogP contribution is 2.32. The third kappa shape index (κ3) is 9.05. The number of aromatic nitrogens is 3. The number of carboxylic acid groups (broad SMARTS) is 1. The molecule has 11 heteroatoms. The average molecular weight is 667 g/mol. The SMILES string of the molecule is CN(CCN(CCC(c1c(Cc2ccco2)nc2c(Cc3ccccc3)nc(-c3ccccc3)cn12)N(C)C)C(=O)O)C(=O)OC(C)(C)C. The molecule has 5 aromatic rings. The van der Waals surface area contributed by atoms with E-state index in [0.29, 0.717) is 19.3 Å². The van der Waals surface area contributed by atoms with Gasteiger partial charge in [0.2, 0.25) is 0 Å². The summed E-state index contributed by atoms with van der Waals surface area (Å²) in [5.74, 6) is 0.778. The minimum Gasteiger partial charge on any atom is -0.469 e. The molecule has 11 nitrogen and oxygen atoms in total. The molecule has 2 amide bonds. The van der Waals surface area contributed by atoms with E-state index in [1.807, 2.05) is 81.0 Å². The zero-order chi connectivity index (χ0) is 35.1. The lowest BCUT2D eigenvalue weighted by Crippen LogP contribution is -2.41. The number of ether oxygens (including phenoxy) is 1. The molecule has 258 valence electrons. The van der Waals surface area contributed by atoms with Crippen LogP contribution in [0.1, 0.15) is 61.6 Å². The summed E-state index contributed by atoms with van der Waals surface area (Å²) in [6.45, 7) is 5.97. The Bertz CT molecular complexity index is 1830. The first kappa shape index (κ1) is 35.2. The molecule has 0 saturated carbocycles. The first-order chi connectivity index (χ1) is 23.4. The van der Waals surface area contributed by atoms with Crippen molar-refractivity contribution in [1.29, 1.82) is 0 Å². The van der Waals surface area contributed by atoms with Crippen LogP contribution in [0.15, 0.2) is 89.7 Å². The maximum atomic E-state index is 12.5. The summed E-state index contributed by atoms with van der Waals surface area (Å²) in [6, 6.07) is 23.9. The van der Waals surface area contributed by atoms with Crippen molar-refractivity contribution in [3.63, 3.8) is 0 Å². The fourth-order valence-corrected chi connectivity index (χ4v) is 5.81. The molecule has 3 heterocycles. The van der Waals surface area contributed by atoms with E-state index in [-0.39, 0.29) is 25.7 Å². The summed E-state index contributed by atoms with van der Waals surface area (Å²) in [6.07, 6.45) is 3.68. The van der Waals surface area contributed by atoms with Crippen LogP contribution in [0.2, 0.25) is 0 Å². The molecule has 1 unspecified atom stereocenters. The molecule has 0 fully saturated rings. The zero-order valence-corrected chi connectivity index (χ0v) is 29.2. The molecule has 0 spiro atoms. The van der Waals surface area contributed by atoms with Crippen molar-refractivity contribution in [2.45, 2.75) is 51.7 Å². The number of nitrogens with zero attached hydrogens (tertiary/aromatic N) is 6. The number of imidazole rings is 1. The van der Waals surface area contributed by atoms with Crippen LogP contribution < -0.4 is 0 Å². The summed E-state index contributed by atoms with van der Waals surface area (Å²) in [5, 5.41) is 10.2. The van der Waals surface area contributed by atoms with Gasteiger partial charge in [0.25, 0.3) is 0 Å². The summed E-state index contributed by atoms with van der Waals surface area (Å²) in [7, 11) is 5.60. The van der Waals surface area contributed by atoms with Crippen LogP contribution in [0.5, 0.6) is 0 Å². The van der Waals surface area contributed by atoms with Gasteiger partial charge in [-0.15, -0.1) is 0 Å². The standard InChI is InChI=1S/C38H46N6O5/c1-38(2,3)49-37(47)42(6)21-22-43(36(45)46)20-19-33(41(4)5)34-30(25-29-18-13-23-48-29)40-35-31(24-27-14-9-7-10-15-27)39-32(26-44(34)35)28-16-11-8-12-17-28/h7-18,23,26,33H,19-22,24-25H2,1-6H3,(H,45,46). The van der Waals surface area contributed by atoms with Gasteiger partial charge in [-0.25, -0.2) is 19.6 Å². The first-order valence-corrected chi connectivity index (χ1v) is 16.5. The highest BCUT2D eigenvalue weighted by atomic mass is 16.6. The fraction of sp³-hybridized carbons (Fsp3) is 0.368. The largest absolute Gasteiger partial charge is 0.469 e. The molecule has 1 N–H and O–H groups in total. The van der Waals surface area contributed by atoms with Crippen LogP contribution in [0, 0.1) is 0 Å². The summed E-state index contributed by atoms with van der Waals surface area (Å²) >= 11 is 0. The molecule has 0 aliphatic carbocycles. The molecular formula is C38H46N6O5. The van der Waals surface area contributed by atoms with Crippen molar-refractivity contribution < 1.29 is 23.8 Å². The number of hydrogen-bond acceptors (Lipinski definition) is 7. The Labute approximate surface area is 287 Å². The van der Waals surface area contributed by atoms with Gasteiger partial charge in [0.15, 0.2) is 5.65 Å². The number of carbonyl (C=O) groups excluding carboxylic acids is 1. The lowest BCUT2D eigenvalue weighted by atomic mass is 10.0. The number of furan rings is 1. The van der Waals surface area contributed by atoms with Crippen molar-refractivity contribution in [1.82, 2.24) is 29.1 Å². The van der Waals surface area contributed by atoms with Crippen molar-refractivity contribution in [3.05, 3.63) is 114 Å². The van der Waals surface area contributed by atoms with E-state index in [1.165, 1.54) is 9.80 Å². The van der Waals surface area contributed by atoms with Crippen LogP contribution >= 0.6 is 0 Å². The van der Waals surface area contributed by atoms with Gasteiger partial charge < -0.3 is 29.0 Å². The van der Waals surface area contributed by atoms with E-state index < -0.39 is 17.8 Å². The predicted molar refractivity (Wildman–Crippen MR) is 189 cm³/mol. The molecule has 0 radical (unpaired) electrons. The number of fused-ring (bicyclic) bond motifs is 1. The third-order valence-corrected chi connectivity index (χ3v) is 8.29. The molecular weight excluding hydrogens is 620 g/mol. The van der Waals surface area contributed by atoms with Gasteiger partial charge in [-0.3, -0.25) is 4.40 Å². The van der Waals surface area contributed by atoms with Crippen LogP contribution in [-0.2, 0) is 17.6 Å². The van der Waals surface area contributed by atoms with E-state index in [4.69, 9.17) is 19.1 Å². The lowest BCUT2D eigenvalue weighted by Gasteiger charge is -2.29. The molecule has 1 atom stereocenters. The molecule has 0 aliphatic rings. The Morgan fingerprint density at radius 3 is 2.18 bits per heavy atom. The highest BCUT2D eigenvalue weighted by molar-refractivity contribution is 5.68. The second-order valence-corrected chi connectivity index (χ2v) is 13.4. The van der Waals surface area contributed by atoms with Gasteiger partial charge in [0, 0.05) is 44.9 Å². The number of carbonyl (C=O) groups is 2. The minimum absolute atomic E-state index is 0.140. The molecule has 0 bridgehead atoms. The summed E-state index contributed by atoms with van der Waals surface area (Å²) in [4.78, 5) is 40.2. The molecule has 49 heavy (non-hydrogen) atoms. The molecule has 5 rings (SSSR count). The van der Waals surface area contributed by atoms with E-state index in [2.05, 4.69) is 21.4 Å². The topological polar surface area (TPSA) is 117 Å². The lowest BCUT2D eigenvalue weighted by molar-refractivity contribution is 0.0281. The zero-order valence-electron chi connectivity index (χ0n) is 29.2. The molecule has 0 aliphatic heterocycles. The second-order valence-electron chi connectivity index (χ2n) is 13.4. The van der Waals surface area contributed by atoms with Crippen molar-refractivity contribution in [2.75, 3.05) is 40.8 Å². The maximum absolute atomic E-state index is 12.5. The van der Waals surface area contributed by atoms with Crippen molar-refractivity contribution in [2.24, 2.45) is 0 Å². The average Bonchev–Trinajstić information content (AvgIpc) is 3.70. The van der Waals surface area contributed by atoms with Gasteiger partial charge in [-0.1, -0.05) is 60.7 Å². The number of amides is 2. The van der Waals surface area contributed by atoms with E-state index in [0.717, 1.165) is 45.3 Å². The number of benzene rings is 2. The number of rotatable bonds is 13. The van der Waals surface area contributed by atoms with Crippen LogP contribution in [-0.4, -0.2) is 92.7 Å². The van der Waals surface area contributed by atoms with Gasteiger partial charge in [-0.2, -0.15) is 0 Å². The van der Waals surface area contributed by atoms with E-state index in [9.17, 15) is 14.7 Å². The van der Waals surface area contributed by atoms with Gasteiger partial charge in [0.1, 0.15) is 11.4 Å². The number of likely N-dealkylation sites (N-methyl/N-ethyl adjacent to an activating group) is 1. The third-order valence-electron chi connectivity index (χ3n) is 8.29. The normalized spacial score (nSPS) is 12.3. The van der Waals surface area contributed by atoms with Gasteiger partial charge >= 0.3 is 12.2 Å². The fourth-order valence-electron chi connectivity index (χ4n) is 5.81. The van der Waals surface area contributed by atoms with Crippen LogP contribution in [0.3, 0.4) is 0 Å². The Balaban J connectivity index is 1.54. The summed E-state index contributed by atoms with van der Waals surface area (Å²) < 4.78 is 13.4. The van der Waals surface area contributed by atoms with Crippen molar-refractivity contribution >= 4 is 17.8 Å². The van der Waals surface area contributed by atoms with Crippen LogP contribution in [0.4, 0.5) is 9.59 Å². The predicted octanol–water partition coefficient (Wildman–Crippen LogP) is 7.01. The first-order valence-electron chi connectivity index (χ1n) is 16.5. The monoisotopic (exact) mass is 666 g/mol. The smallest absolute Gasteiger partial charge is 0.410 e. The molecule has 2 aromatic carbocycles. The van der Waals surface area contributed by atoms with Gasteiger partial charge in [-0.05, 0) is 59.0 Å². The Kier molecular flexibility index (Phi) is 11.0. The summed E-state index contributed by atoms with van der Waals surface area (Å²) in [5.41, 5.74) is 5.65. The van der Waals surface area contributed by atoms with E-state index >= 15 is 0 Å². The maximum Gasteiger partial charge on any atom is 0.410 e.